The summed E-state index contributed by atoms with van der Waals surface area (Å²) in [4.78, 5) is 27.6. The minimum Gasteiger partial charge on any atom is -0.507 e. The molecule has 1 heterocycles. The van der Waals surface area contributed by atoms with Gasteiger partial charge in [-0.15, -0.1) is 0 Å². The Morgan fingerprint density at radius 2 is 1.86 bits per heavy atom. The number of rotatable bonds is 10. The van der Waals surface area contributed by atoms with Gasteiger partial charge in [0.05, 0.1) is 25.3 Å². The van der Waals surface area contributed by atoms with Gasteiger partial charge in [0.25, 0.3) is 11.7 Å². The van der Waals surface area contributed by atoms with Crippen molar-refractivity contribution in [1.82, 2.24) is 4.90 Å². The van der Waals surface area contributed by atoms with Crippen molar-refractivity contribution in [2.45, 2.75) is 33.2 Å². The van der Waals surface area contributed by atoms with Crippen molar-refractivity contribution in [3.63, 3.8) is 0 Å². The van der Waals surface area contributed by atoms with Crippen molar-refractivity contribution in [3.8, 4) is 17.2 Å². The molecule has 8 heteroatoms. The number of ketones is 1. The molecule has 1 atom stereocenters. The van der Waals surface area contributed by atoms with Crippen LogP contribution < -0.4 is 9.47 Å². The van der Waals surface area contributed by atoms with Crippen molar-refractivity contribution in [3.05, 3.63) is 58.7 Å². The second-order valence-electron chi connectivity index (χ2n) is 8.95. The lowest BCUT2D eigenvalue weighted by atomic mass is 9.93. The van der Waals surface area contributed by atoms with Gasteiger partial charge in [0.15, 0.2) is 11.5 Å². The highest BCUT2D eigenvalue weighted by Crippen LogP contribution is 2.42. The van der Waals surface area contributed by atoms with Crippen LogP contribution in [0.5, 0.6) is 17.2 Å². The lowest BCUT2D eigenvalue weighted by molar-refractivity contribution is -0.140. The number of aliphatic hydroxyl groups is 1. The maximum absolute atomic E-state index is 13.2. The highest BCUT2D eigenvalue weighted by atomic mass is 16.5. The van der Waals surface area contributed by atoms with Crippen LogP contribution in [0.1, 0.15) is 43.0 Å². The number of carbonyl (C=O) groups excluding carboxylic acids is 2. The van der Waals surface area contributed by atoms with E-state index >= 15 is 0 Å². The largest absolute Gasteiger partial charge is 0.507 e. The van der Waals surface area contributed by atoms with E-state index < -0.39 is 17.7 Å². The fourth-order valence-corrected chi connectivity index (χ4v) is 4.10. The molecule has 1 amide bonds. The fraction of sp³-hybridized carbons (Fsp3) is 0.407. The molecule has 0 unspecified atom stereocenters. The lowest BCUT2D eigenvalue weighted by Crippen LogP contribution is -2.31. The van der Waals surface area contributed by atoms with Crippen molar-refractivity contribution >= 4 is 17.4 Å². The van der Waals surface area contributed by atoms with Gasteiger partial charge in [-0.05, 0) is 60.7 Å². The molecule has 1 aliphatic rings. The number of amides is 1. The zero-order valence-electron chi connectivity index (χ0n) is 20.8. The standard InChI is InChI=1S/C27H33NO7/c1-16(2)15-35-19-8-9-20(17(3)13-19)25(30)23-24(18-7-10-21(29)22(14-18)34-5)28(11-6-12-33-4)27(32)26(23)31/h7-10,13-14,16,24,29-30H,6,11-12,15H2,1-5H3/t24-/m0/s1. The summed E-state index contributed by atoms with van der Waals surface area (Å²) in [6.07, 6.45) is 0.510. The van der Waals surface area contributed by atoms with Gasteiger partial charge in [0.2, 0.25) is 0 Å². The Kier molecular flexibility index (Phi) is 8.40. The van der Waals surface area contributed by atoms with Gasteiger partial charge in [-0.3, -0.25) is 9.59 Å². The summed E-state index contributed by atoms with van der Waals surface area (Å²) in [6, 6.07) is 8.99. The normalized spacial score (nSPS) is 17.3. The second kappa shape index (κ2) is 11.3. The van der Waals surface area contributed by atoms with Gasteiger partial charge in [0.1, 0.15) is 11.5 Å². The molecule has 2 aromatic carbocycles. The monoisotopic (exact) mass is 483 g/mol. The Morgan fingerprint density at radius 1 is 1.11 bits per heavy atom. The summed E-state index contributed by atoms with van der Waals surface area (Å²) < 4.78 is 16.1. The molecule has 0 aromatic heterocycles. The van der Waals surface area contributed by atoms with Crippen molar-refractivity contribution in [2.75, 3.05) is 34.0 Å². The van der Waals surface area contributed by atoms with E-state index in [1.807, 2.05) is 6.92 Å². The smallest absolute Gasteiger partial charge is 0.295 e. The van der Waals surface area contributed by atoms with E-state index in [0.29, 0.717) is 48.0 Å². The van der Waals surface area contributed by atoms with Gasteiger partial charge in [0, 0.05) is 25.8 Å². The van der Waals surface area contributed by atoms with E-state index in [0.717, 1.165) is 0 Å². The molecule has 0 saturated carbocycles. The molecule has 188 valence electrons. The number of aromatic hydroxyl groups is 1. The molecule has 2 N–H and O–H groups in total. The molecule has 0 bridgehead atoms. The minimum absolute atomic E-state index is 0.0147. The summed E-state index contributed by atoms with van der Waals surface area (Å²) in [5, 5.41) is 21.4. The van der Waals surface area contributed by atoms with E-state index in [4.69, 9.17) is 14.2 Å². The number of Topliss-reactive ketones (excluding diaryl/α,β-unsaturated/α-hetero) is 1. The predicted octanol–water partition coefficient (Wildman–Crippen LogP) is 4.20. The molecule has 2 aromatic rings. The third-order valence-corrected chi connectivity index (χ3v) is 5.84. The number of hydrogen-bond donors (Lipinski definition) is 2. The van der Waals surface area contributed by atoms with Gasteiger partial charge < -0.3 is 29.3 Å². The zero-order valence-corrected chi connectivity index (χ0v) is 20.8. The van der Waals surface area contributed by atoms with E-state index in [1.165, 1.54) is 18.1 Å². The molecule has 1 aliphatic heterocycles. The Morgan fingerprint density at radius 3 is 2.49 bits per heavy atom. The number of methoxy groups -OCH3 is 2. The van der Waals surface area contributed by atoms with Gasteiger partial charge >= 0.3 is 0 Å². The van der Waals surface area contributed by atoms with E-state index in [1.54, 1.807) is 37.4 Å². The number of benzene rings is 2. The number of hydrogen-bond acceptors (Lipinski definition) is 7. The predicted molar refractivity (Wildman–Crippen MR) is 132 cm³/mol. The summed E-state index contributed by atoms with van der Waals surface area (Å²) in [7, 11) is 2.98. The molecule has 35 heavy (non-hydrogen) atoms. The van der Waals surface area contributed by atoms with E-state index in [-0.39, 0.29) is 29.4 Å². The zero-order chi connectivity index (χ0) is 25.7. The summed E-state index contributed by atoms with van der Waals surface area (Å²) in [5.41, 5.74) is 1.66. The average molecular weight is 484 g/mol. The van der Waals surface area contributed by atoms with Crippen LogP contribution in [0.3, 0.4) is 0 Å². The van der Waals surface area contributed by atoms with Crippen molar-refractivity contribution < 1.29 is 34.0 Å². The quantitative estimate of drug-likeness (QED) is 0.226. The number of ether oxygens (including phenoxy) is 3. The number of carbonyl (C=O) groups is 2. The molecule has 3 rings (SSSR count). The Labute approximate surface area is 205 Å². The molecular weight excluding hydrogens is 450 g/mol. The number of aliphatic hydroxyl groups excluding tert-OH is 1. The molecule has 1 saturated heterocycles. The first-order valence-corrected chi connectivity index (χ1v) is 11.6. The Hall–Kier alpha value is -3.52. The van der Waals surface area contributed by atoms with Crippen LogP contribution in [0.2, 0.25) is 0 Å². The SMILES string of the molecule is COCCCN1C(=O)C(=O)C(=C(O)c2ccc(OCC(C)C)cc2C)[C@@H]1c1ccc(O)c(OC)c1. The molecule has 8 nitrogen and oxygen atoms in total. The highest BCUT2D eigenvalue weighted by Gasteiger charge is 2.46. The minimum atomic E-state index is -0.849. The maximum Gasteiger partial charge on any atom is 0.295 e. The van der Waals surface area contributed by atoms with Crippen molar-refractivity contribution in [1.29, 1.82) is 0 Å². The molecular formula is C27H33NO7. The number of phenols is 1. The summed E-state index contributed by atoms with van der Waals surface area (Å²) in [6.45, 7) is 7.13. The Bertz CT molecular complexity index is 1120. The molecule has 0 aliphatic carbocycles. The third-order valence-electron chi connectivity index (χ3n) is 5.84. The maximum atomic E-state index is 13.2. The van der Waals surface area contributed by atoms with Crippen LogP contribution in [0.4, 0.5) is 0 Å². The topological polar surface area (TPSA) is 106 Å². The van der Waals surface area contributed by atoms with E-state index in [2.05, 4.69) is 13.8 Å². The number of nitrogens with zero attached hydrogens (tertiary/aromatic N) is 1. The number of phenolic OH excluding ortho intramolecular Hbond substituents is 1. The van der Waals surface area contributed by atoms with Crippen LogP contribution in [0.15, 0.2) is 42.0 Å². The average Bonchev–Trinajstić information content (AvgIpc) is 3.08. The van der Waals surface area contributed by atoms with Gasteiger partial charge in [-0.2, -0.15) is 0 Å². The van der Waals surface area contributed by atoms with Crippen LogP contribution >= 0.6 is 0 Å². The first-order chi connectivity index (χ1) is 16.7. The number of likely N-dealkylation sites (tertiary alicyclic amines) is 1. The highest BCUT2D eigenvalue weighted by molar-refractivity contribution is 6.46. The summed E-state index contributed by atoms with van der Waals surface area (Å²) >= 11 is 0. The van der Waals surface area contributed by atoms with Gasteiger partial charge in [-0.1, -0.05) is 19.9 Å². The number of aryl methyl sites for hydroxylation is 1. The third kappa shape index (κ3) is 5.59. The van der Waals surface area contributed by atoms with E-state index in [9.17, 15) is 19.8 Å². The fourth-order valence-electron chi connectivity index (χ4n) is 4.10. The summed E-state index contributed by atoms with van der Waals surface area (Å²) in [5.74, 6) is -0.575. The van der Waals surface area contributed by atoms with Gasteiger partial charge in [-0.25, -0.2) is 0 Å². The molecule has 0 spiro atoms. The van der Waals surface area contributed by atoms with Crippen LogP contribution in [-0.4, -0.2) is 60.8 Å². The molecule has 0 radical (unpaired) electrons. The second-order valence-corrected chi connectivity index (χ2v) is 8.95. The van der Waals surface area contributed by atoms with Crippen molar-refractivity contribution in [2.24, 2.45) is 5.92 Å². The van der Waals surface area contributed by atoms with Crippen LogP contribution in [-0.2, 0) is 14.3 Å². The first kappa shape index (κ1) is 26.1. The van der Waals surface area contributed by atoms with Crippen LogP contribution in [0.25, 0.3) is 5.76 Å². The molecule has 1 fully saturated rings. The first-order valence-electron chi connectivity index (χ1n) is 11.6. The lowest BCUT2D eigenvalue weighted by Gasteiger charge is -2.26. The van der Waals surface area contributed by atoms with Crippen LogP contribution in [0, 0.1) is 12.8 Å². The Balaban J connectivity index is 2.11.